The second-order valence-corrected chi connectivity index (χ2v) is 8.31. The molecule has 0 aliphatic carbocycles. The molecular formula is C20H28ClN3O3. The summed E-state index contributed by atoms with van der Waals surface area (Å²) in [5, 5.41) is 10.4. The molecule has 2 saturated heterocycles. The first-order valence-corrected chi connectivity index (χ1v) is 9.77. The van der Waals surface area contributed by atoms with E-state index in [1.165, 1.54) is 0 Å². The third-order valence-corrected chi connectivity index (χ3v) is 6.25. The van der Waals surface area contributed by atoms with E-state index in [2.05, 4.69) is 9.88 Å². The van der Waals surface area contributed by atoms with E-state index < -0.39 is 5.97 Å². The summed E-state index contributed by atoms with van der Waals surface area (Å²) in [6, 6.07) is 1.76. The van der Waals surface area contributed by atoms with Crippen LogP contribution >= 0.6 is 11.6 Å². The van der Waals surface area contributed by atoms with E-state index in [0.29, 0.717) is 12.2 Å². The Bertz CT molecular complexity index is 734. The quantitative estimate of drug-likeness (QED) is 0.747. The topological polar surface area (TPSA) is 65.9 Å². The van der Waals surface area contributed by atoms with Crippen molar-refractivity contribution in [2.45, 2.75) is 32.6 Å². The Morgan fingerprint density at radius 1 is 1.37 bits per heavy atom. The molecular weight excluding hydrogens is 366 g/mol. The van der Waals surface area contributed by atoms with Gasteiger partial charge >= 0.3 is 5.97 Å². The lowest BCUT2D eigenvalue weighted by Crippen LogP contribution is -2.59. The Morgan fingerprint density at radius 3 is 2.63 bits per heavy atom. The number of ether oxygens (including phenoxy) is 1. The van der Waals surface area contributed by atoms with Crippen LogP contribution in [0.4, 0.5) is 5.82 Å². The second kappa shape index (κ2) is 8.07. The maximum Gasteiger partial charge on any atom is 0.339 e. The van der Waals surface area contributed by atoms with E-state index in [1.54, 1.807) is 12.3 Å². The molecule has 0 unspecified atom stereocenters. The van der Waals surface area contributed by atoms with Gasteiger partial charge in [-0.25, -0.2) is 9.78 Å². The highest BCUT2D eigenvalue weighted by Crippen LogP contribution is 2.42. The summed E-state index contributed by atoms with van der Waals surface area (Å²) in [6.45, 7) is 5.32. The lowest BCUT2D eigenvalue weighted by Gasteiger charge is -2.53. The van der Waals surface area contributed by atoms with Crippen LogP contribution in [0.2, 0.25) is 0 Å². The molecule has 1 aromatic rings. The number of aromatic nitrogens is 1. The third-order valence-electron chi connectivity index (χ3n) is 5.59. The van der Waals surface area contributed by atoms with Crippen LogP contribution in [-0.2, 0) is 11.2 Å². The number of hydrogen-bond acceptors (Lipinski definition) is 5. The summed E-state index contributed by atoms with van der Waals surface area (Å²) in [4.78, 5) is 20.3. The van der Waals surface area contributed by atoms with Gasteiger partial charge in [-0.1, -0.05) is 11.6 Å². The lowest BCUT2D eigenvalue weighted by molar-refractivity contribution is -0.000569. The van der Waals surface area contributed by atoms with E-state index in [1.807, 2.05) is 25.9 Å². The molecule has 148 valence electrons. The van der Waals surface area contributed by atoms with Crippen LogP contribution in [0.5, 0.6) is 0 Å². The lowest BCUT2D eigenvalue weighted by atomic mass is 9.73. The van der Waals surface area contributed by atoms with Crippen LogP contribution < -0.4 is 4.90 Å². The minimum absolute atomic E-state index is 0.277. The van der Waals surface area contributed by atoms with Crippen molar-refractivity contribution < 1.29 is 14.6 Å². The van der Waals surface area contributed by atoms with Crippen LogP contribution in [0, 0.1) is 5.41 Å². The highest BCUT2D eigenvalue weighted by molar-refractivity contribution is 6.29. The SMILES string of the molecule is C/C(CCc1cnc(N2CC3(CCOCC3)C2)c(C(=O)O)c1)=C(/Cl)N(C)C. The number of allylic oxidation sites excluding steroid dienone is 1. The van der Waals surface area contributed by atoms with Gasteiger partial charge in [0.05, 0.1) is 0 Å². The van der Waals surface area contributed by atoms with Crippen LogP contribution in [0.3, 0.4) is 0 Å². The van der Waals surface area contributed by atoms with Gasteiger partial charge in [-0.3, -0.25) is 0 Å². The Balaban J connectivity index is 1.70. The second-order valence-electron chi connectivity index (χ2n) is 7.95. The Kier molecular flexibility index (Phi) is 5.96. The monoisotopic (exact) mass is 393 g/mol. The average molecular weight is 394 g/mol. The number of carboxylic acid groups (broad SMARTS) is 1. The van der Waals surface area contributed by atoms with Crippen LogP contribution in [-0.4, -0.2) is 61.4 Å². The summed E-state index contributed by atoms with van der Waals surface area (Å²) in [5.41, 5.74) is 2.56. The molecule has 2 fully saturated rings. The molecule has 0 amide bonds. The molecule has 0 atom stereocenters. The fourth-order valence-corrected chi connectivity index (χ4v) is 3.99. The summed E-state index contributed by atoms with van der Waals surface area (Å²) >= 11 is 6.26. The minimum Gasteiger partial charge on any atom is -0.478 e. The van der Waals surface area contributed by atoms with Crippen molar-refractivity contribution in [2.75, 3.05) is 45.3 Å². The zero-order chi connectivity index (χ0) is 19.6. The molecule has 1 aromatic heterocycles. The fourth-order valence-electron chi connectivity index (χ4n) is 3.90. The molecule has 6 nitrogen and oxygen atoms in total. The Hall–Kier alpha value is -1.79. The summed E-state index contributed by atoms with van der Waals surface area (Å²) in [6.07, 6.45) is 5.37. The van der Waals surface area contributed by atoms with E-state index in [-0.39, 0.29) is 11.0 Å². The van der Waals surface area contributed by atoms with Crippen LogP contribution in [0.15, 0.2) is 23.0 Å². The van der Waals surface area contributed by atoms with Crippen LogP contribution in [0.1, 0.15) is 42.1 Å². The molecule has 1 spiro atoms. The smallest absolute Gasteiger partial charge is 0.339 e. The molecule has 0 aromatic carbocycles. The molecule has 3 rings (SSSR count). The number of aryl methyl sites for hydroxylation is 1. The average Bonchev–Trinajstić information content (AvgIpc) is 2.63. The van der Waals surface area contributed by atoms with Crippen molar-refractivity contribution >= 4 is 23.4 Å². The van der Waals surface area contributed by atoms with E-state index in [9.17, 15) is 9.90 Å². The van der Waals surface area contributed by atoms with Crippen molar-refractivity contribution in [3.05, 3.63) is 34.1 Å². The number of aromatic carboxylic acids is 1. The number of anilines is 1. The van der Waals surface area contributed by atoms with Crippen molar-refractivity contribution in [1.82, 2.24) is 9.88 Å². The molecule has 0 radical (unpaired) electrons. The minimum atomic E-state index is -0.925. The van der Waals surface area contributed by atoms with Gasteiger partial charge in [-0.05, 0) is 49.8 Å². The van der Waals surface area contributed by atoms with Gasteiger partial charge in [0, 0.05) is 52.0 Å². The number of nitrogens with zero attached hydrogens (tertiary/aromatic N) is 3. The van der Waals surface area contributed by atoms with Gasteiger partial charge in [0.15, 0.2) is 0 Å². The first-order valence-electron chi connectivity index (χ1n) is 9.39. The third kappa shape index (κ3) is 4.38. The predicted molar refractivity (Wildman–Crippen MR) is 106 cm³/mol. The molecule has 7 heteroatoms. The number of rotatable bonds is 6. The van der Waals surface area contributed by atoms with Crippen molar-refractivity contribution in [2.24, 2.45) is 5.41 Å². The van der Waals surface area contributed by atoms with Gasteiger partial charge in [0.25, 0.3) is 0 Å². The maximum atomic E-state index is 11.8. The van der Waals surface area contributed by atoms with Gasteiger partial charge < -0.3 is 19.6 Å². The fraction of sp³-hybridized carbons (Fsp3) is 0.600. The summed E-state index contributed by atoms with van der Waals surface area (Å²) in [7, 11) is 3.81. The van der Waals surface area contributed by atoms with Crippen molar-refractivity contribution in [1.29, 1.82) is 0 Å². The summed E-state index contributed by atoms with van der Waals surface area (Å²) in [5.74, 6) is -0.340. The summed E-state index contributed by atoms with van der Waals surface area (Å²) < 4.78 is 5.45. The van der Waals surface area contributed by atoms with E-state index in [0.717, 1.165) is 61.9 Å². The number of halogens is 1. The number of carbonyl (C=O) groups is 1. The van der Waals surface area contributed by atoms with Gasteiger partial charge in [0.1, 0.15) is 16.5 Å². The highest BCUT2D eigenvalue weighted by Gasteiger charge is 2.45. The van der Waals surface area contributed by atoms with E-state index in [4.69, 9.17) is 16.3 Å². The molecule has 3 heterocycles. The molecule has 0 saturated carbocycles. The standard InChI is InChI=1S/C20H28ClN3O3/c1-14(17(21)23(2)3)4-5-15-10-16(19(25)26)18(22-11-15)24-12-20(13-24)6-8-27-9-7-20/h10-11H,4-9,12-13H2,1-3H3,(H,25,26)/b17-14+. The zero-order valence-corrected chi connectivity index (χ0v) is 17.1. The largest absolute Gasteiger partial charge is 0.478 e. The zero-order valence-electron chi connectivity index (χ0n) is 16.3. The van der Waals surface area contributed by atoms with E-state index >= 15 is 0 Å². The van der Waals surface area contributed by atoms with Crippen molar-refractivity contribution in [3.8, 4) is 0 Å². The molecule has 1 N–H and O–H groups in total. The normalized spacial score (nSPS) is 19.5. The van der Waals surface area contributed by atoms with Crippen molar-refractivity contribution in [3.63, 3.8) is 0 Å². The molecule has 27 heavy (non-hydrogen) atoms. The Labute approximate surface area is 165 Å². The molecule has 2 aliphatic rings. The number of carboxylic acids is 1. The van der Waals surface area contributed by atoms with Gasteiger partial charge in [-0.2, -0.15) is 0 Å². The number of pyridine rings is 1. The number of hydrogen-bond donors (Lipinski definition) is 1. The predicted octanol–water partition coefficient (Wildman–Crippen LogP) is 3.36. The van der Waals surface area contributed by atoms with Gasteiger partial charge in [0.2, 0.25) is 0 Å². The molecule has 2 aliphatic heterocycles. The van der Waals surface area contributed by atoms with Crippen LogP contribution in [0.25, 0.3) is 0 Å². The first-order chi connectivity index (χ1) is 12.8. The highest BCUT2D eigenvalue weighted by atomic mass is 35.5. The Morgan fingerprint density at radius 2 is 2.04 bits per heavy atom. The maximum absolute atomic E-state index is 11.8. The first kappa shape index (κ1) is 20.0. The molecule has 0 bridgehead atoms. The van der Waals surface area contributed by atoms with Gasteiger partial charge in [-0.15, -0.1) is 0 Å².